The maximum absolute atomic E-state index is 12.6. The van der Waals surface area contributed by atoms with Gasteiger partial charge in [0, 0.05) is 19.1 Å². The number of carbonyl (C=O) groups is 2. The summed E-state index contributed by atoms with van der Waals surface area (Å²) in [6.07, 6.45) is 0.703. The van der Waals surface area contributed by atoms with Crippen LogP contribution in [0.2, 0.25) is 0 Å². The molecule has 0 spiro atoms. The molecule has 1 fully saturated rings. The van der Waals surface area contributed by atoms with Crippen molar-refractivity contribution in [3.05, 3.63) is 35.9 Å². The summed E-state index contributed by atoms with van der Waals surface area (Å²) in [5, 5.41) is 12.1. The zero-order valence-corrected chi connectivity index (χ0v) is 14.5. The molecule has 2 rings (SSSR count). The second-order valence-electron chi connectivity index (χ2n) is 7.10. The highest BCUT2D eigenvalue weighted by atomic mass is 16.6. The molecule has 6 heteroatoms. The van der Waals surface area contributed by atoms with Crippen LogP contribution in [0.1, 0.15) is 32.8 Å². The Bertz CT molecular complexity index is 568. The summed E-state index contributed by atoms with van der Waals surface area (Å²) in [6.45, 7) is 6.44. The number of carboxylic acids is 1. The van der Waals surface area contributed by atoms with Gasteiger partial charge in [0.15, 0.2) is 0 Å². The van der Waals surface area contributed by atoms with Gasteiger partial charge in [0.1, 0.15) is 11.6 Å². The van der Waals surface area contributed by atoms with Gasteiger partial charge in [-0.1, -0.05) is 30.3 Å². The largest absolute Gasteiger partial charge is 0.480 e. The Morgan fingerprint density at radius 1 is 1.29 bits per heavy atom. The number of aliphatic carboxylic acids is 1. The van der Waals surface area contributed by atoms with Gasteiger partial charge in [-0.3, -0.25) is 4.79 Å². The Balaban J connectivity index is 2.06. The molecule has 2 N–H and O–H groups in total. The molecule has 0 saturated carbocycles. The van der Waals surface area contributed by atoms with E-state index < -0.39 is 23.7 Å². The van der Waals surface area contributed by atoms with E-state index in [2.05, 4.69) is 5.32 Å². The van der Waals surface area contributed by atoms with Gasteiger partial charge in [-0.05, 0) is 39.2 Å². The third kappa shape index (κ3) is 5.23. The van der Waals surface area contributed by atoms with Crippen LogP contribution in [-0.4, -0.2) is 52.8 Å². The van der Waals surface area contributed by atoms with Gasteiger partial charge in [-0.15, -0.1) is 0 Å². The molecule has 1 amide bonds. The standard InChI is InChI=1S/C18H26N2O4/c1-18(2,3)24-17(23)20(10-9-13-7-5-4-6-8-13)14-11-15(16(21)22)19-12-14/h4-8,14-15,19H,9-12H2,1-3H3,(H,21,22). The third-order valence-corrected chi connectivity index (χ3v) is 3.96. The summed E-state index contributed by atoms with van der Waals surface area (Å²) >= 11 is 0. The molecule has 2 unspecified atom stereocenters. The summed E-state index contributed by atoms with van der Waals surface area (Å²) < 4.78 is 5.51. The summed E-state index contributed by atoms with van der Waals surface area (Å²) in [5.41, 5.74) is 0.548. The second-order valence-corrected chi connectivity index (χ2v) is 7.10. The van der Waals surface area contributed by atoms with Crippen molar-refractivity contribution >= 4 is 12.1 Å². The molecule has 1 aliphatic heterocycles. The topological polar surface area (TPSA) is 78.9 Å². The van der Waals surface area contributed by atoms with E-state index in [1.54, 1.807) is 4.90 Å². The van der Waals surface area contributed by atoms with Gasteiger partial charge in [0.05, 0.1) is 0 Å². The average Bonchev–Trinajstić information content (AvgIpc) is 2.96. The predicted molar refractivity (Wildman–Crippen MR) is 90.9 cm³/mol. The highest BCUT2D eigenvalue weighted by Gasteiger charge is 2.36. The molecule has 6 nitrogen and oxygen atoms in total. The van der Waals surface area contributed by atoms with E-state index in [-0.39, 0.29) is 6.04 Å². The first kappa shape index (κ1) is 18.3. The summed E-state index contributed by atoms with van der Waals surface area (Å²) in [6, 6.07) is 9.12. The Kier molecular flexibility index (Phi) is 5.83. The van der Waals surface area contributed by atoms with E-state index in [4.69, 9.17) is 9.84 Å². The smallest absolute Gasteiger partial charge is 0.410 e. The van der Waals surface area contributed by atoms with Gasteiger partial charge < -0.3 is 20.1 Å². The molecule has 1 aromatic rings. The molecule has 1 aromatic carbocycles. The number of hydrogen-bond donors (Lipinski definition) is 2. The molecular formula is C18H26N2O4. The highest BCUT2D eigenvalue weighted by Crippen LogP contribution is 2.19. The summed E-state index contributed by atoms with van der Waals surface area (Å²) in [5.74, 6) is -0.885. The van der Waals surface area contributed by atoms with Crippen LogP contribution in [0.5, 0.6) is 0 Å². The van der Waals surface area contributed by atoms with Crippen LogP contribution < -0.4 is 5.32 Å². The van der Waals surface area contributed by atoms with Crippen molar-refractivity contribution < 1.29 is 19.4 Å². The Morgan fingerprint density at radius 2 is 1.96 bits per heavy atom. The van der Waals surface area contributed by atoms with E-state index >= 15 is 0 Å². The zero-order valence-electron chi connectivity index (χ0n) is 14.5. The first-order valence-electron chi connectivity index (χ1n) is 8.26. The van der Waals surface area contributed by atoms with Gasteiger partial charge in [-0.2, -0.15) is 0 Å². The fraction of sp³-hybridized carbons (Fsp3) is 0.556. The molecule has 24 heavy (non-hydrogen) atoms. The van der Waals surface area contributed by atoms with Crippen molar-refractivity contribution in [3.63, 3.8) is 0 Å². The van der Waals surface area contributed by atoms with Gasteiger partial charge in [0.2, 0.25) is 0 Å². The van der Waals surface area contributed by atoms with Gasteiger partial charge in [-0.25, -0.2) is 4.79 Å². The van der Waals surface area contributed by atoms with E-state index in [9.17, 15) is 9.59 Å². The molecular weight excluding hydrogens is 308 g/mol. The number of carbonyl (C=O) groups excluding carboxylic acids is 1. The van der Waals surface area contributed by atoms with Crippen molar-refractivity contribution in [2.24, 2.45) is 0 Å². The van der Waals surface area contributed by atoms with Crippen molar-refractivity contribution in [3.8, 4) is 0 Å². The minimum atomic E-state index is -0.885. The van der Waals surface area contributed by atoms with Crippen LogP contribution in [0.15, 0.2) is 30.3 Å². The van der Waals surface area contributed by atoms with Crippen LogP contribution in [-0.2, 0) is 16.0 Å². The molecule has 0 aliphatic carbocycles. The fourth-order valence-electron chi connectivity index (χ4n) is 2.78. The predicted octanol–water partition coefficient (Wildman–Crippen LogP) is 2.28. The van der Waals surface area contributed by atoms with Crippen molar-refractivity contribution in [2.75, 3.05) is 13.1 Å². The number of nitrogens with zero attached hydrogens (tertiary/aromatic N) is 1. The van der Waals surface area contributed by atoms with E-state index in [1.807, 2.05) is 51.1 Å². The maximum atomic E-state index is 12.6. The Morgan fingerprint density at radius 3 is 2.50 bits per heavy atom. The van der Waals surface area contributed by atoms with Crippen LogP contribution in [0, 0.1) is 0 Å². The molecule has 2 atom stereocenters. The normalized spacial score (nSPS) is 20.6. The van der Waals surface area contributed by atoms with E-state index in [0.717, 1.165) is 5.56 Å². The van der Waals surface area contributed by atoms with Crippen molar-refractivity contribution in [1.29, 1.82) is 0 Å². The van der Waals surface area contributed by atoms with E-state index in [1.165, 1.54) is 0 Å². The minimum absolute atomic E-state index is 0.176. The van der Waals surface area contributed by atoms with E-state index in [0.29, 0.717) is 25.9 Å². The van der Waals surface area contributed by atoms with Gasteiger partial charge in [0.25, 0.3) is 0 Å². The molecule has 0 radical (unpaired) electrons. The third-order valence-electron chi connectivity index (χ3n) is 3.96. The Hall–Kier alpha value is -2.08. The number of rotatable bonds is 5. The van der Waals surface area contributed by atoms with Crippen molar-refractivity contribution in [1.82, 2.24) is 10.2 Å². The maximum Gasteiger partial charge on any atom is 0.410 e. The number of nitrogens with one attached hydrogen (secondary N) is 1. The lowest BCUT2D eigenvalue weighted by atomic mass is 10.1. The SMILES string of the molecule is CC(C)(C)OC(=O)N(CCc1ccccc1)C1CNC(C(=O)O)C1. The average molecular weight is 334 g/mol. The zero-order chi connectivity index (χ0) is 17.7. The second kappa shape index (κ2) is 7.66. The number of carboxylic acid groups (broad SMARTS) is 1. The lowest BCUT2D eigenvalue weighted by Gasteiger charge is -2.31. The van der Waals surface area contributed by atoms with Crippen LogP contribution in [0.3, 0.4) is 0 Å². The number of amides is 1. The molecule has 0 aromatic heterocycles. The number of ether oxygens (including phenoxy) is 1. The molecule has 1 saturated heterocycles. The Labute approximate surface area is 142 Å². The molecule has 1 aliphatic rings. The highest BCUT2D eigenvalue weighted by molar-refractivity contribution is 5.74. The van der Waals surface area contributed by atoms with Crippen molar-refractivity contribution in [2.45, 2.75) is 51.3 Å². The lowest BCUT2D eigenvalue weighted by molar-refractivity contribution is -0.139. The number of benzene rings is 1. The summed E-state index contributed by atoms with van der Waals surface area (Å²) in [7, 11) is 0. The monoisotopic (exact) mass is 334 g/mol. The molecule has 132 valence electrons. The minimum Gasteiger partial charge on any atom is -0.480 e. The van der Waals surface area contributed by atoms with Crippen LogP contribution >= 0.6 is 0 Å². The van der Waals surface area contributed by atoms with Crippen LogP contribution in [0.4, 0.5) is 4.79 Å². The lowest BCUT2D eigenvalue weighted by Crippen LogP contribution is -2.45. The van der Waals surface area contributed by atoms with Crippen LogP contribution in [0.25, 0.3) is 0 Å². The summed E-state index contributed by atoms with van der Waals surface area (Å²) in [4.78, 5) is 25.4. The first-order valence-corrected chi connectivity index (χ1v) is 8.26. The first-order chi connectivity index (χ1) is 11.3. The number of hydrogen-bond acceptors (Lipinski definition) is 4. The quantitative estimate of drug-likeness (QED) is 0.864. The fourth-order valence-corrected chi connectivity index (χ4v) is 2.78. The molecule has 1 heterocycles. The molecule has 0 bridgehead atoms. The van der Waals surface area contributed by atoms with Gasteiger partial charge >= 0.3 is 12.1 Å².